The van der Waals surface area contributed by atoms with E-state index in [0.717, 1.165) is 0 Å². The molecule has 0 amide bonds. The molecule has 82 valence electrons. The van der Waals surface area contributed by atoms with Crippen LogP contribution in [-0.2, 0) is 0 Å². The van der Waals surface area contributed by atoms with Crippen LogP contribution in [0.25, 0.3) is 0 Å². The molecule has 5 heteroatoms. The molecule has 1 aromatic heterocycles. The van der Waals surface area contributed by atoms with Crippen molar-refractivity contribution in [3.8, 4) is 0 Å². The molecular weight excluding hydrogens is 229 g/mol. The summed E-state index contributed by atoms with van der Waals surface area (Å²) in [6.45, 7) is 0. The molecule has 0 aliphatic carbocycles. The van der Waals surface area contributed by atoms with Gasteiger partial charge in [0.2, 0.25) is 0 Å². The number of benzene rings is 1. The van der Waals surface area contributed by atoms with Crippen LogP contribution >= 0.6 is 11.6 Å². The zero-order valence-corrected chi connectivity index (χ0v) is 9.00. The Bertz CT molecular complexity index is 499. The summed E-state index contributed by atoms with van der Waals surface area (Å²) in [5, 5.41) is 3.03. The summed E-state index contributed by atoms with van der Waals surface area (Å²) >= 11 is 5.57. The number of hydrogen-bond acceptors (Lipinski definition) is 3. The van der Waals surface area contributed by atoms with E-state index in [4.69, 9.17) is 17.3 Å². The van der Waals surface area contributed by atoms with Crippen molar-refractivity contribution in [2.75, 3.05) is 11.1 Å². The number of nitrogens with zero attached hydrogens (tertiary/aromatic N) is 1. The van der Waals surface area contributed by atoms with E-state index in [0.29, 0.717) is 17.2 Å². The van der Waals surface area contributed by atoms with Gasteiger partial charge in [-0.15, -0.1) is 0 Å². The van der Waals surface area contributed by atoms with Gasteiger partial charge in [-0.05, 0) is 30.3 Å². The van der Waals surface area contributed by atoms with Crippen LogP contribution in [0.3, 0.4) is 0 Å². The fourth-order valence-corrected chi connectivity index (χ4v) is 1.32. The van der Waals surface area contributed by atoms with Gasteiger partial charge in [-0.3, -0.25) is 0 Å². The van der Waals surface area contributed by atoms with Crippen molar-refractivity contribution in [3.05, 3.63) is 47.4 Å². The van der Waals surface area contributed by atoms with Crippen molar-refractivity contribution in [1.29, 1.82) is 0 Å². The zero-order chi connectivity index (χ0) is 11.5. The summed E-state index contributed by atoms with van der Waals surface area (Å²) in [5.74, 6) is 0.123. The third-order valence-electron chi connectivity index (χ3n) is 1.98. The van der Waals surface area contributed by atoms with Crippen LogP contribution in [0, 0.1) is 5.82 Å². The number of halogens is 2. The molecule has 0 aliphatic heterocycles. The number of rotatable bonds is 2. The van der Waals surface area contributed by atoms with Gasteiger partial charge in [0.05, 0.1) is 16.9 Å². The highest BCUT2D eigenvalue weighted by Gasteiger charge is 2.01. The first kappa shape index (κ1) is 10.7. The summed E-state index contributed by atoms with van der Waals surface area (Å²) < 4.78 is 13.1. The molecule has 0 bridgehead atoms. The summed E-state index contributed by atoms with van der Waals surface area (Å²) in [6.07, 6.45) is 1.52. The number of nitrogens with one attached hydrogen (secondary N) is 1. The van der Waals surface area contributed by atoms with Crippen LogP contribution in [0.1, 0.15) is 0 Å². The second kappa shape index (κ2) is 4.37. The predicted molar refractivity (Wildman–Crippen MR) is 63.3 cm³/mol. The summed E-state index contributed by atoms with van der Waals surface area (Å²) in [6, 6.07) is 7.88. The summed E-state index contributed by atoms with van der Waals surface area (Å²) in [5.41, 5.74) is 6.66. The first-order chi connectivity index (χ1) is 7.65. The van der Waals surface area contributed by atoms with Crippen molar-refractivity contribution < 1.29 is 4.39 Å². The van der Waals surface area contributed by atoms with Crippen LogP contribution in [0.5, 0.6) is 0 Å². The highest BCUT2D eigenvalue weighted by atomic mass is 35.5. The minimum absolute atomic E-state index is 0.0933. The van der Waals surface area contributed by atoms with Gasteiger partial charge < -0.3 is 11.1 Å². The highest BCUT2D eigenvalue weighted by molar-refractivity contribution is 6.30. The molecule has 1 heterocycles. The van der Waals surface area contributed by atoms with E-state index in [2.05, 4.69) is 10.3 Å². The molecule has 0 fully saturated rings. The lowest BCUT2D eigenvalue weighted by Gasteiger charge is -2.06. The number of anilines is 3. The third-order valence-corrected chi connectivity index (χ3v) is 2.28. The molecule has 3 N–H and O–H groups in total. The van der Waals surface area contributed by atoms with Crippen LogP contribution in [0.15, 0.2) is 36.5 Å². The average Bonchev–Trinajstić information content (AvgIpc) is 2.27. The van der Waals surface area contributed by atoms with Crippen LogP contribution < -0.4 is 11.1 Å². The Morgan fingerprint density at radius 3 is 2.69 bits per heavy atom. The minimum Gasteiger partial charge on any atom is -0.397 e. The number of aromatic nitrogens is 1. The number of hydrogen-bond donors (Lipinski definition) is 2. The van der Waals surface area contributed by atoms with Gasteiger partial charge in [-0.25, -0.2) is 9.37 Å². The van der Waals surface area contributed by atoms with Gasteiger partial charge in [0, 0.05) is 5.69 Å². The maximum absolute atomic E-state index is 13.1. The van der Waals surface area contributed by atoms with Crippen molar-refractivity contribution in [2.45, 2.75) is 0 Å². The van der Waals surface area contributed by atoms with E-state index in [9.17, 15) is 4.39 Å². The molecule has 1 aromatic carbocycles. The topological polar surface area (TPSA) is 50.9 Å². The Hall–Kier alpha value is -1.81. The van der Waals surface area contributed by atoms with Crippen LogP contribution in [-0.4, -0.2) is 4.98 Å². The Balaban J connectivity index is 2.20. The maximum Gasteiger partial charge on any atom is 0.143 e. The largest absolute Gasteiger partial charge is 0.397 e. The molecule has 2 rings (SSSR count). The molecule has 0 atom stereocenters. The first-order valence-electron chi connectivity index (χ1n) is 4.59. The standard InChI is InChI=1S/C11H9ClFN3/c12-9-3-2-8(5-10(9)13)16-11-4-1-7(14)6-15-11/h1-6H,14H2,(H,15,16). The van der Waals surface area contributed by atoms with Crippen molar-refractivity contribution in [1.82, 2.24) is 4.98 Å². The van der Waals surface area contributed by atoms with Crippen LogP contribution in [0.4, 0.5) is 21.6 Å². The average molecular weight is 238 g/mol. The van der Waals surface area contributed by atoms with Gasteiger partial charge >= 0.3 is 0 Å². The van der Waals surface area contributed by atoms with Crippen molar-refractivity contribution >= 4 is 28.8 Å². The summed E-state index contributed by atoms with van der Waals surface area (Å²) in [4.78, 5) is 4.03. The maximum atomic E-state index is 13.1. The van der Waals surface area contributed by atoms with Crippen LogP contribution in [0.2, 0.25) is 5.02 Å². The first-order valence-corrected chi connectivity index (χ1v) is 4.96. The number of nitrogen functional groups attached to an aromatic ring is 1. The third kappa shape index (κ3) is 2.41. The lowest BCUT2D eigenvalue weighted by molar-refractivity contribution is 0.629. The van der Waals surface area contributed by atoms with E-state index < -0.39 is 5.82 Å². The van der Waals surface area contributed by atoms with E-state index in [1.165, 1.54) is 18.3 Å². The minimum atomic E-state index is -0.470. The quantitative estimate of drug-likeness (QED) is 0.843. The molecule has 0 spiro atoms. The molecule has 0 saturated heterocycles. The van der Waals surface area contributed by atoms with Crippen molar-refractivity contribution in [3.63, 3.8) is 0 Å². The SMILES string of the molecule is Nc1ccc(Nc2ccc(Cl)c(F)c2)nc1. The van der Waals surface area contributed by atoms with E-state index in [1.54, 1.807) is 18.2 Å². The van der Waals surface area contributed by atoms with Gasteiger partial charge in [-0.1, -0.05) is 11.6 Å². The predicted octanol–water partition coefficient (Wildman–Crippen LogP) is 3.20. The van der Waals surface area contributed by atoms with Gasteiger partial charge in [0.1, 0.15) is 11.6 Å². The number of nitrogens with two attached hydrogens (primary N) is 1. The number of pyridine rings is 1. The molecule has 3 nitrogen and oxygen atoms in total. The molecule has 0 unspecified atom stereocenters. The molecular formula is C11H9ClFN3. The van der Waals surface area contributed by atoms with E-state index >= 15 is 0 Å². The molecule has 2 aromatic rings. The van der Waals surface area contributed by atoms with E-state index in [-0.39, 0.29) is 5.02 Å². The molecule has 16 heavy (non-hydrogen) atoms. The molecule has 0 aliphatic rings. The second-order valence-corrected chi connectivity index (χ2v) is 3.64. The van der Waals surface area contributed by atoms with Gasteiger partial charge in [0.15, 0.2) is 0 Å². The lowest BCUT2D eigenvalue weighted by atomic mass is 10.3. The normalized spacial score (nSPS) is 10.1. The molecule has 0 radical (unpaired) electrons. The Kier molecular flexibility index (Phi) is 2.92. The van der Waals surface area contributed by atoms with Gasteiger partial charge in [0.25, 0.3) is 0 Å². The Morgan fingerprint density at radius 2 is 2.06 bits per heavy atom. The van der Waals surface area contributed by atoms with E-state index in [1.807, 2.05) is 0 Å². The lowest BCUT2D eigenvalue weighted by Crippen LogP contribution is -1.95. The fraction of sp³-hybridized carbons (Fsp3) is 0. The highest BCUT2D eigenvalue weighted by Crippen LogP contribution is 2.21. The zero-order valence-electron chi connectivity index (χ0n) is 8.24. The van der Waals surface area contributed by atoms with Gasteiger partial charge in [-0.2, -0.15) is 0 Å². The Morgan fingerprint density at radius 1 is 1.25 bits per heavy atom. The molecule has 0 saturated carbocycles. The second-order valence-electron chi connectivity index (χ2n) is 3.23. The Labute approximate surface area is 97.1 Å². The fourth-order valence-electron chi connectivity index (χ4n) is 1.20. The monoisotopic (exact) mass is 237 g/mol. The smallest absolute Gasteiger partial charge is 0.143 e. The summed E-state index contributed by atoms with van der Waals surface area (Å²) in [7, 11) is 0. The van der Waals surface area contributed by atoms with Crippen molar-refractivity contribution in [2.24, 2.45) is 0 Å².